The van der Waals surface area contributed by atoms with Crippen molar-refractivity contribution < 1.29 is 8.42 Å². The second-order valence-electron chi connectivity index (χ2n) is 3.81. The molecule has 0 saturated heterocycles. The number of halogens is 2. The molecule has 0 amide bonds. The molecule has 3 rings (SSSR count). The van der Waals surface area contributed by atoms with E-state index >= 15 is 0 Å². The van der Waals surface area contributed by atoms with E-state index in [4.69, 9.17) is 23.2 Å². The van der Waals surface area contributed by atoms with Gasteiger partial charge in [0, 0.05) is 0 Å². The van der Waals surface area contributed by atoms with Crippen molar-refractivity contribution in [3.63, 3.8) is 0 Å². The molecule has 0 fully saturated rings. The molecule has 9 heteroatoms. The van der Waals surface area contributed by atoms with E-state index in [1.54, 1.807) is 12.1 Å². The van der Waals surface area contributed by atoms with Crippen molar-refractivity contribution in [2.24, 2.45) is 0 Å². The minimum atomic E-state index is -3.90. The van der Waals surface area contributed by atoms with Crippen LogP contribution >= 0.6 is 23.2 Å². The third-order valence-electron chi connectivity index (χ3n) is 2.63. The topological polar surface area (TPSA) is 77.7 Å². The lowest BCUT2D eigenvalue weighted by molar-refractivity contribution is 0.588. The van der Waals surface area contributed by atoms with E-state index in [1.165, 1.54) is 18.5 Å². The predicted octanol–water partition coefficient (Wildman–Crippen LogP) is 2.37. The van der Waals surface area contributed by atoms with Gasteiger partial charge in [0.1, 0.15) is 23.1 Å². The van der Waals surface area contributed by atoms with Gasteiger partial charge in [-0.15, -0.1) is 0 Å². The first-order valence-electron chi connectivity index (χ1n) is 5.35. The van der Waals surface area contributed by atoms with Crippen LogP contribution in [0, 0.1) is 0 Å². The van der Waals surface area contributed by atoms with Crippen molar-refractivity contribution in [2.75, 3.05) is 0 Å². The Bertz CT molecular complexity index is 908. The van der Waals surface area contributed by atoms with Crippen LogP contribution in [0.3, 0.4) is 0 Å². The smallest absolute Gasteiger partial charge is 0.231 e. The molecule has 6 nitrogen and oxygen atoms in total. The fourth-order valence-corrected chi connectivity index (χ4v) is 3.64. The molecule has 0 aliphatic carbocycles. The number of hydrogen-bond acceptors (Lipinski definition) is 5. The minimum absolute atomic E-state index is 0.0318. The number of nitrogens with zero attached hydrogens (tertiary/aromatic N) is 4. The van der Waals surface area contributed by atoms with E-state index in [-0.39, 0.29) is 26.2 Å². The number of rotatable bonds is 2. The summed E-state index contributed by atoms with van der Waals surface area (Å²) in [6.45, 7) is 0. The average Bonchev–Trinajstić information content (AvgIpc) is 2.85. The largest absolute Gasteiger partial charge is 0.272 e. The Balaban J connectivity index is 2.31. The van der Waals surface area contributed by atoms with Gasteiger partial charge >= 0.3 is 0 Å². The van der Waals surface area contributed by atoms with Crippen LogP contribution in [0.1, 0.15) is 0 Å². The molecule has 0 spiro atoms. The zero-order valence-electron chi connectivity index (χ0n) is 9.73. The highest BCUT2D eigenvalue weighted by Gasteiger charge is 2.23. The van der Waals surface area contributed by atoms with Gasteiger partial charge in [-0.1, -0.05) is 35.3 Å². The van der Waals surface area contributed by atoms with Crippen LogP contribution in [0.25, 0.3) is 11.2 Å². The van der Waals surface area contributed by atoms with Crippen LogP contribution in [0.2, 0.25) is 10.2 Å². The monoisotopic (exact) mass is 328 g/mol. The molecule has 2 heterocycles. The zero-order valence-corrected chi connectivity index (χ0v) is 12.1. The van der Waals surface area contributed by atoms with Gasteiger partial charge in [0.25, 0.3) is 10.0 Å². The normalized spacial score (nSPS) is 11.9. The van der Waals surface area contributed by atoms with Crippen molar-refractivity contribution in [3.8, 4) is 0 Å². The molecule has 0 bridgehead atoms. The molecule has 0 saturated carbocycles. The Kier molecular flexibility index (Phi) is 3.12. The Morgan fingerprint density at radius 2 is 1.80 bits per heavy atom. The third kappa shape index (κ3) is 1.94. The van der Waals surface area contributed by atoms with Crippen LogP contribution in [0.5, 0.6) is 0 Å². The van der Waals surface area contributed by atoms with Crippen LogP contribution in [0.15, 0.2) is 41.8 Å². The fraction of sp³-hybridized carbons (Fsp3) is 0. The number of aromatic nitrogens is 4. The number of benzene rings is 1. The zero-order chi connectivity index (χ0) is 14.3. The molecule has 0 radical (unpaired) electrons. The molecule has 102 valence electrons. The van der Waals surface area contributed by atoms with Crippen LogP contribution in [0.4, 0.5) is 0 Å². The van der Waals surface area contributed by atoms with Crippen molar-refractivity contribution in [1.29, 1.82) is 0 Å². The number of fused-ring (bicyclic) bond motifs is 1. The number of hydrogen-bond donors (Lipinski definition) is 0. The second-order valence-corrected chi connectivity index (χ2v) is 6.36. The summed E-state index contributed by atoms with van der Waals surface area (Å²) in [6, 6.07) is 6.13. The molecule has 0 aliphatic heterocycles. The SMILES string of the molecule is O=S(=O)(c1ccccc1Cl)n1cnc2c(Cl)ncnc21. The van der Waals surface area contributed by atoms with E-state index in [2.05, 4.69) is 15.0 Å². The Hall–Kier alpha value is -1.70. The molecular formula is C11H6Cl2N4O2S. The first kappa shape index (κ1) is 13.3. The van der Waals surface area contributed by atoms with Gasteiger partial charge in [-0.2, -0.15) is 0 Å². The van der Waals surface area contributed by atoms with Gasteiger partial charge in [0.05, 0.1) is 5.02 Å². The van der Waals surface area contributed by atoms with Crippen LogP contribution in [-0.2, 0) is 10.0 Å². The van der Waals surface area contributed by atoms with Gasteiger partial charge in [0.15, 0.2) is 10.8 Å². The van der Waals surface area contributed by atoms with E-state index in [1.807, 2.05) is 0 Å². The van der Waals surface area contributed by atoms with Gasteiger partial charge in [0.2, 0.25) is 0 Å². The lowest BCUT2D eigenvalue weighted by Gasteiger charge is -2.07. The van der Waals surface area contributed by atoms with E-state index < -0.39 is 10.0 Å². The average molecular weight is 329 g/mol. The fourth-order valence-electron chi connectivity index (χ4n) is 1.72. The van der Waals surface area contributed by atoms with E-state index in [9.17, 15) is 8.42 Å². The maximum Gasteiger partial charge on any atom is 0.272 e. The summed E-state index contributed by atoms with van der Waals surface area (Å²) in [4.78, 5) is 11.5. The summed E-state index contributed by atoms with van der Waals surface area (Å²) in [5.74, 6) is 0. The van der Waals surface area contributed by atoms with Crippen molar-refractivity contribution in [3.05, 3.63) is 47.1 Å². The highest BCUT2D eigenvalue weighted by Crippen LogP contribution is 2.26. The minimum Gasteiger partial charge on any atom is -0.231 e. The van der Waals surface area contributed by atoms with Gasteiger partial charge in [-0.05, 0) is 12.1 Å². The molecule has 1 aromatic carbocycles. The highest BCUT2D eigenvalue weighted by molar-refractivity contribution is 7.90. The first-order valence-corrected chi connectivity index (χ1v) is 7.55. The van der Waals surface area contributed by atoms with Crippen molar-refractivity contribution in [2.45, 2.75) is 4.90 Å². The Morgan fingerprint density at radius 1 is 1.05 bits per heavy atom. The highest BCUT2D eigenvalue weighted by atomic mass is 35.5. The van der Waals surface area contributed by atoms with Gasteiger partial charge in [-0.25, -0.2) is 27.3 Å². The molecule has 20 heavy (non-hydrogen) atoms. The lowest BCUT2D eigenvalue weighted by Crippen LogP contribution is -2.13. The summed E-state index contributed by atoms with van der Waals surface area (Å²) in [6.07, 6.45) is 2.30. The van der Waals surface area contributed by atoms with Crippen LogP contribution in [-0.4, -0.2) is 27.3 Å². The molecule has 0 aliphatic rings. The summed E-state index contributed by atoms with van der Waals surface area (Å²) in [7, 11) is -3.90. The third-order valence-corrected chi connectivity index (χ3v) is 5.05. The molecular weight excluding hydrogens is 323 g/mol. The van der Waals surface area contributed by atoms with E-state index in [0.29, 0.717) is 0 Å². The summed E-state index contributed by atoms with van der Waals surface area (Å²) in [5.41, 5.74) is 0.315. The standard InChI is InChI=1S/C11H6Cl2N4O2S/c12-7-3-1-2-4-8(7)20(18,19)17-6-16-9-10(13)14-5-15-11(9)17/h1-6H. The Labute approximate surface area is 124 Å². The quantitative estimate of drug-likeness (QED) is 0.675. The lowest BCUT2D eigenvalue weighted by atomic mass is 10.4. The van der Waals surface area contributed by atoms with Crippen LogP contribution < -0.4 is 0 Å². The molecule has 2 aromatic heterocycles. The Morgan fingerprint density at radius 3 is 2.55 bits per heavy atom. The maximum atomic E-state index is 12.6. The molecule has 3 aromatic rings. The molecule has 0 unspecified atom stereocenters. The maximum absolute atomic E-state index is 12.6. The number of imidazole rings is 1. The molecule has 0 atom stereocenters. The predicted molar refractivity (Wildman–Crippen MR) is 74.4 cm³/mol. The molecule has 0 N–H and O–H groups in total. The summed E-state index contributed by atoms with van der Waals surface area (Å²) in [5, 5.41) is 0.206. The van der Waals surface area contributed by atoms with Crippen molar-refractivity contribution >= 4 is 44.4 Å². The summed E-state index contributed by atoms with van der Waals surface area (Å²) >= 11 is 11.8. The first-order chi connectivity index (χ1) is 9.51. The van der Waals surface area contributed by atoms with E-state index in [0.717, 1.165) is 10.3 Å². The summed E-state index contributed by atoms with van der Waals surface area (Å²) < 4.78 is 26.1. The van der Waals surface area contributed by atoms with Gasteiger partial charge in [-0.3, -0.25) is 0 Å². The van der Waals surface area contributed by atoms with Gasteiger partial charge < -0.3 is 0 Å². The second kappa shape index (κ2) is 4.69. The van der Waals surface area contributed by atoms with Crippen molar-refractivity contribution in [1.82, 2.24) is 18.9 Å².